The normalized spacial score (nSPS) is 12.2. The number of alkyl halides is 3. The Morgan fingerprint density at radius 1 is 1.31 bits per heavy atom. The molecule has 0 bridgehead atoms. The maximum absolute atomic E-state index is 12.5. The molecule has 2 rings (SSSR count). The third-order valence-corrected chi connectivity index (χ3v) is 2.25. The number of hydrogen-bond donors (Lipinski definition) is 1. The van der Waals surface area contributed by atoms with Crippen molar-refractivity contribution in [3.8, 4) is 0 Å². The van der Waals surface area contributed by atoms with E-state index in [9.17, 15) is 13.2 Å². The Morgan fingerprint density at radius 3 is 2.69 bits per heavy atom. The van der Waals surface area contributed by atoms with E-state index in [2.05, 4.69) is 5.16 Å². The van der Waals surface area contributed by atoms with E-state index in [0.29, 0.717) is 29.6 Å². The number of fused-ring (bicyclic) bond motifs is 1. The van der Waals surface area contributed by atoms with Gasteiger partial charge < -0.3 is 10.3 Å². The minimum absolute atomic E-state index is 0.306. The molecule has 0 saturated carbocycles. The van der Waals surface area contributed by atoms with Crippen molar-refractivity contribution in [3.05, 3.63) is 29.5 Å². The molecular formula is C10H9F3N2O. The Bertz CT molecular complexity index is 504. The first-order chi connectivity index (χ1) is 7.52. The van der Waals surface area contributed by atoms with Crippen LogP contribution in [-0.4, -0.2) is 11.7 Å². The Kier molecular flexibility index (Phi) is 2.59. The molecule has 0 aliphatic rings. The fourth-order valence-electron chi connectivity index (χ4n) is 1.48. The lowest BCUT2D eigenvalue weighted by Crippen LogP contribution is -2.05. The molecule has 0 amide bonds. The summed E-state index contributed by atoms with van der Waals surface area (Å²) in [6.07, 6.45) is -3.98. The van der Waals surface area contributed by atoms with E-state index in [4.69, 9.17) is 10.3 Å². The number of nitrogens with two attached hydrogens (primary N) is 1. The maximum atomic E-state index is 12.5. The molecule has 0 fully saturated rings. The van der Waals surface area contributed by atoms with E-state index < -0.39 is 11.7 Å². The third-order valence-electron chi connectivity index (χ3n) is 2.25. The van der Waals surface area contributed by atoms with Crippen LogP contribution >= 0.6 is 0 Å². The van der Waals surface area contributed by atoms with E-state index in [0.717, 1.165) is 12.1 Å². The Balaban J connectivity index is 2.54. The van der Waals surface area contributed by atoms with Gasteiger partial charge in [-0.05, 0) is 24.7 Å². The van der Waals surface area contributed by atoms with Gasteiger partial charge in [0.05, 0.1) is 5.56 Å². The summed E-state index contributed by atoms with van der Waals surface area (Å²) < 4.78 is 42.3. The van der Waals surface area contributed by atoms with Crippen molar-refractivity contribution in [2.24, 2.45) is 5.73 Å². The standard InChI is InChI=1S/C10H9F3N2O/c11-10(12,13)6-1-2-8-7(5-6)9(3-4-14)16-15-8/h1-2,5H,3-4,14H2. The van der Waals surface area contributed by atoms with Crippen LogP contribution in [0.1, 0.15) is 11.3 Å². The van der Waals surface area contributed by atoms with Crippen LogP contribution in [0.25, 0.3) is 10.9 Å². The molecule has 16 heavy (non-hydrogen) atoms. The van der Waals surface area contributed by atoms with E-state index in [1.54, 1.807) is 0 Å². The monoisotopic (exact) mass is 230 g/mol. The zero-order valence-corrected chi connectivity index (χ0v) is 8.21. The van der Waals surface area contributed by atoms with Crippen LogP contribution in [0.4, 0.5) is 13.2 Å². The molecule has 0 aliphatic heterocycles. The van der Waals surface area contributed by atoms with Gasteiger partial charge in [-0.25, -0.2) is 0 Å². The summed E-state index contributed by atoms with van der Waals surface area (Å²) in [5.74, 6) is 0.392. The fourth-order valence-corrected chi connectivity index (χ4v) is 1.48. The van der Waals surface area contributed by atoms with Gasteiger partial charge in [-0.1, -0.05) is 5.16 Å². The van der Waals surface area contributed by atoms with Gasteiger partial charge in [-0.15, -0.1) is 0 Å². The number of hydrogen-bond acceptors (Lipinski definition) is 3. The van der Waals surface area contributed by atoms with Gasteiger partial charge >= 0.3 is 6.18 Å². The second-order valence-electron chi connectivity index (χ2n) is 3.37. The van der Waals surface area contributed by atoms with Gasteiger partial charge in [-0.2, -0.15) is 13.2 Å². The minimum Gasteiger partial charge on any atom is -0.360 e. The highest BCUT2D eigenvalue weighted by Gasteiger charge is 2.31. The first-order valence-electron chi connectivity index (χ1n) is 4.68. The Hall–Kier alpha value is -1.56. The highest BCUT2D eigenvalue weighted by molar-refractivity contribution is 5.81. The molecule has 2 N–H and O–H groups in total. The van der Waals surface area contributed by atoms with Gasteiger partial charge in [0.1, 0.15) is 11.3 Å². The number of nitrogens with zero attached hydrogens (tertiary/aromatic N) is 1. The molecule has 1 aromatic heterocycles. The summed E-state index contributed by atoms with van der Waals surface area (Å²) in [5.41, 5.74) is 5.03. The summed E-state index contributed by atoms with van der Waals surface area (Å²) in [6.45, 7) is 0.306. The fraction of sp³-hybridized carbons (Fsp3) is 0.300. The van der Waals surface area contributed by atoms with Crippen molar-refractivity contribution in [3.63, 3.8) is 0 Å². The SMILES string of the molecule is NCCc1onc2ccc(C(F)(F)F)cc12. The van der Waals surface area contributed by atoms with E-state index >= 15 is 0 Å². The van der Waals surface area contributed by atoms with Crippen molar-refractivity contribution in [1.82, 2.24) is 5.16 Å². The van der Waals surface area contributed by atoms with Crippen LogP contribution < -0.4 is 5.73 Å². The van der Waals surface area contributed by atoms with Gasteiger partial charge in [0, 0.05) is 11.8 Å². The first-order valence-corrected chi connectivity index (χ1v) is 4.68. The van der Waals surface area contributed by atoms with Crippen molar-refractivity contribution >= 4 is 10.9 Å². The zero-order chi connectivity index (χ0) is 11.8. The lowest BCUT2D eigenvalue weighted by atomic mass is 10.1. The number of benzene rings is 1. The van der Waals surface area contributed by atoms with Gasteiger partial charge in [0.25, 0.3) is 0 Å². The zero-order valence-electron chi connectivity index (χ0n) is 8.21. The molecule has 0 atom stereocenters. The van der Waals surface area contributed by atoms with Crippen molar-refractivity contribution in [2.75, 3.05) is 6.54 Å². The predicted octanol–water partition coefficient (Wildman–Crippen LogP) is 2.35. The largest absolute Gasteiger partial charge is 0.416 e. The summed E-state index contributed by atoms with van der Waals surface area (Å²) in [7, 11) is 0. The van der Waals surface area contributed by atoms with E-state index in [1.165, 1.54) is 6.07 Å². The van der Waals surface area contributed by atoms with Crippen LogP contribution in [0.3, 0.4) is 0 Å². The van der Waals surface area contributed by atoms with Crippen LogP contribution in [0.2, 0.25) is 0 Å². The molecule has 2 aromatic rings. The Labute approximate surface area is 89.0 Å². The first kappa shape index (κ1) is 10.9. The average molecular weight is 230 g/mol. The highest BCUT2D eigenvalue weighted by atomic mass is 19.4. The molecule has 1 heterocycles. The topological polar surface area (TPSA) is 52.0 Å². The molecular weight excluding hydrogens is 221 g/mol. The van der Waals surface area contributed by atoms with E-state index in [1.807, 2.05) is 0 Å². The molecule has 3 nitrogen and oxygen atoms in total. The quantitative estimate of drug-likeness (QED) is 0.861. The molecule has 86 valence electrons. The van der Waals surface area contributed by atoms with Crippen molar-refractivity contribution in [2.45, 2.75) is 12.6 Å². The average Bonchev–Trinajstić information content (AvgIpc) is 2.60. The molecule has 0 spiro atoms. The summed E-state index contributed by atoms with van der Waals surface area (Å²) >= 11 is 0. The summed E-state index contributed by atoms with van der Waals surface area (Å²) in [6, 6.07) is 3.32. The molecule has 0 radical (unpaired) electrons. The molecule has 0 aliphatic carbocycles. The maximum Gasteiger partial charge on any atom is 0.416 e. The lowest BCUT2D eigenvalue weighted by Gasteiger charge is -2.05. The van der Waals surface area contributed by atoms with Gasteiger partial charge in [0.2, 0.25) is 0 Å². The van der Waals surface area contributed by atoms with Gasteiger partial charge in [-0.3, -0.25) is 0 Å². The smallest absolute Gasteiger partial charge is 0.360 e. The van der Waals surface area contributed by atoms with Crippen LogP contribution in [0.5, 0.6) is 0 Å². The number of halogens is 3. The predicted molar refractivity (Wildman–Crippen MR) is 51.8 cm³/mol. The van der Waals surface area contributed by atoms with Crippen LogP contribution in [0, 0.1) is 0 Å². The van der Waals surface area contributed by atoms with Crippen LogP contribution in [0.15, 0.2) is 22.7 Å². The highest BCUT2D eigenvalue weighted by Crippen LogP contribution is 2.32. The van der Waals surface area contributed by atoms with Gasteiger partial charge in [0.15, 0.2) is 0 Å². The summed E-state index contributed by atoms with van der Waals surface area (Å²) in [5, 5.41) is 4.04. The minimum atomic E-state index is -4.36. The number of rotatable bonds is 2. The number of aromatic nitrogens is 1. The Morgan fingerprint density at radius 2 is 2.06 bits per heavy atom. The van der Waals surface area contributed by atoms with Crippen LogP contribution in [-0.2, 0) is 12.6 Å². The molecule has 0 unspecified atom stereocenters. The van der Waals surface area contributed by atoms with E-state index in [-0.39, 0.29) is 0 Å². The lowest BCUT2D eigenvalue weighted by molar-refractivity contribution is -0.137. The van der Waals surface area contributed by atoms with Crippen molar-refractivity contribution < 1.29 is 17.7 Å². The van der Waals surface area contributed by atoms with Crippen molar-refractivity contribution in [1.29, 1.82) is 0 Å². The third kappa shape index (κ3) is 1.88. The molecule has 0 saturated heterocycles. The second-order valence-corrected chi connectivity index (χ2v) is 3.37. The second kappa shape index (κ2) is 3.79. The summed E-state index contributed by atoms with van der Waals surface area (Å²) in [4.78, 5) is 0. The molecule has 6 heteroatoms. The molecule has 1 aromatic carbocycles.